The molecule has 0 aliphatic rings. The predicted molar refractivity (Wildman–Crippen MR) is 128 cm³/mol. The summed E-state index contributed by atoms with van der Waals surface area (Å²) < 4.78 is 8.66. The SMILES string of the molecule is CCOc1ccc(NC(=O)C(C#N)=Cc2cc(C)n(-c3cccc(I)c3)c2C)cc1. The maximum absolute atomic E-state index is 12.6. The van der Waals surface area contributed by atoms with E-state index in [9.17, 15) is 10.1 Å². The third-order valence-corrected chi connectivity index (χ3v) is 5.30. The number of benzene rings is 2. The van der Waals surface area contributed by atoms with Gasteiger partial charge in [0.1, 0.15) is 17.4 Å². The summed E-state index contributed by atoms with van der Waals surface area (Å²) in [6.07, 6.45) is 1.64. The average Bonchev–Trinajstić information content (AvgIpc) is 3.00. The fourth-order valence-corrected chi connectivity index (χ4v) is 3.78. The van der Waals surface area contributed by atoms with E-state index in [0.717, 1.165) is 32.0 Å². The van der Waals surface area contributed by atoms with Crippen LogP contribution in [0.15, 0.2) is 60.2 Å². The lowest BCUT2D eigenvalue weighted by Gasteiger charge is -2.10. The van der Waals surface area contributed by atoms with Crippen LogP contribution < -0.4 is 10.1 Å². The zero-order chi connectivity index (χ0) is 21.7. The van der Waals surface area contributed by atoms with E-state index in [0.29, 0.717) is 12.3 Å². The number of hydrogen-bond acceptors (Lipinski definition) is 3. The molecule has 0 bridgehead atoms. The van der Waals surface area contributed by atoms with Gasteiger partial charge in [-0.1, -0.05) is 6.07 Å². The highest BCUT2D eigenvalue weighted by Gasteiger charge is 2.14. The van der Waals surface area contributed by atoms with Crippen molar-refractivity contribution >= 4 is 40.3 Å². The number of aromatic nitrogens is 1. The van der Waals surface area contributed by atoms with Crippen molar-refractivity contribution in [3.8, 4) is 17.5 Å². The minimum atomic E-state index is -0.444. The summed E-state index contributed by atoms with van der Waals surface area (Å²) in [7, 11) is 0. The zero-order valence-electron chi connectivity index (χ0n) is 17.1. The summed E-state index contributed by atoms with van der Waals surface area (Å²) in [5, 5.41) is 12.3. The number of halogens is 1. The number of nitrogens with one attached hydrogen (secondary N) is 1. The molecule has 1 amide bonds. The monoisotopic (exact) mass is 511 g/mol. The summed E-state index contributed by atoms with van der Waals surface area (Å²) in [4.78, 5) is 12.6. The topological polar surface area (TPSA) is 67.0 Å². The Hall–Kier alpha value is -3.05. The van der Waals surface area contributed by atoms with Crippen LogP contribution in [0.25, 0.3) is 11.8 Å². The molecule has 152 valence electrons. The molecule has 3 aromatic rings. The van der Waals surface area contributed by atoms with E-state index in [4.69, 9.17) is 4.74 Å². The van der Waals surface area contributed by atoms with Gasteiger partial charge in [0.15, 0.2) is 0 Å². The summed E-state index contributed by atoms with van der Waals surface area (Å²) in [6, 6.07) is 19.3. The normalized spacial score (nSPS) is 11.1. The number of carbonyl (C=O) groups excluding carboxylic acids is 1. The van der Waals surface area contributed by atoms with E-state index in [-0.39, 0.29) is 5.57 Å². The van der Waals surface area contributed by atoms with Gasteiger partial charge in [0, 0.05) is 26.3 Å². The molecule has 0 unspecified atom stereocenters. The predicted octanol–water partition coefficient (Wildman–Crippen LogP) is 5.64. The molecule has 3 rings (SSSR count). The zero-order valence-corrected chi connectivity index (χ0v) is 19.2. The second-order valence-corrected chi connectivity index (χ2v) is 7.97. The molecule has 6 heteroatoms. The van der Waals surface area contributed by atoms with Crippen molar-refractivity contribution < 1.29 is 9.53 Å². The van der Waals surface area contributed by atoms with Crippen molar-refractivity contribution in [3.05, 3.63) is 80.7 Å². The summed E-state index contributed by atoms with van der Waals surface area (Å²) in [5.74, 6) is 0.287. The van der Waals surface area contributed by atoms with Gasteiger partial charge >= 0.3 is 0 Å². The van der Waals surface area contributed by atoms with Crippen LogP contribution in [0, 0.1) is 28.7 Å². The number of anilines is 1. The standard InChI is InChI=1S/C24H22IN3O2/c1-4-30-23-10-8-21(9-11-23)27-24(29)19(15-26)13-18-12-16(2)28(17(18)3)22-7-5-6-20(25)14-22/h5-14H,4H2,1-3H3,(H,27,29). The molecule has 0 aliphatic heterocycles. The van der Waals surface area contributed by atoms with Crippen LogP contribution in [-0.2, 0) is 4.79 Å². The highest BCUT2D eigenvalue weighted by molar-refractivity contribution is 14.1. The minimum Gasteiger partial charge on any atom is -0.494 e. The second kappa shape index (κ2) is 9.63. The lowest BCUT2D eigenvalue weighted by Crippen LogP contribution is -2.13. The molecule has 0 saturated heterocycles. The Labute approximate surface area is 190 Å². The molecular formula is C24H22IN3O2. The van der Waals surface area contributed by atoms with Crippen LogP contribution in [0.3, 0.4) is 0 Å². The number of hydrogen-bond donors (Lipinski definition) is 1. The molecule has 0 fully saturated rings. The molecule has 0 spiro atoms. The molecule has 1 heterocycles. The molecule has 30 heavy (non-hydrogen) atoms. The molecule has 0 saturated carbocycles. The molecule has 0 radical (unpaired) electrons. The Morgan fingerprint density at radius 2 is 1.93 bits per heavy atom. The van der Waals surface area contributed by atoms with Crippen molar-refractivity contribution in [2.75, 3.05) is 11.9 Å². The fraction of sp³-hybridized carbons (Fsp3) is 0.167. The van der Waals surface area contributed by atoms with Crippen LogP contribution in [0.5, 0.6) is 5.75 Å². The maximum Gasteiger partial charge on any atom is 0.266 e. The lowest BCUT2D eigenvalue weighted by atomic mass is 10.1. The Morgan fingerprint density at radius 3 is 2.57 bits per heavy atom. The summed E-state index contributed by atoms with van der Waals surface area (Å²) in [6.45, 7) is 6.48. The van der Waals surface area contributed by atoms with E-state index in [1.165, 1.54) is 0 Å². The van der Waals surface area contributed by atoms with Gasteiger partial charge in [0.05, 0.1) is 6.61 Å². The van der Waals surface area contributed by atoms with Crippen LogP contribution in [0.2, 0.25) is 0 Å². The Balaban J connectivity index is 1.86. The van der Waals surface area contributed by atoms with E-state index in [1.54, 1.807) is 30.3 Å². The number of nitriles is 1. The van der Waals surface area contributed by atoms with Crippen molar-refractivity contribution in [2.24, 2.45) is 0 Å². The Kier molecular flexibility index (Phi) is 6.95. The first-order chi connectivity index (χ1) is 14.4. The molecule has 5 nitrogen and oxygen atoms in total. The Morgan fingerprint density at radius 1 is 1.20 bits per heavy atom. The molecule has 0 aliphatic carbocycles. The second-order valence-electron chi connectivity index (χ2n) is 6.72. The number of amides is 1. The van der Waals surface area contributed by atoms with Gasteiger partial charge in [-0.25, -0.2) is 0 Å². The Bertz CT molecular complexity index is 1140. The van der Waals surface area contributed by atoms with Gasteiger partial charge in [-0.2, -0.15) is 5.26 Å². The quantitative estimate of drug-likeness (QED) is 0.265. The largest absolute Gasteiger partial charge is 0.494 e. The molecule has 1 N–H and O–H groups in total. The average molecular weight is 511 g/mol. The van der Waals surface area contributed by atoms with Gasteiger partial charge in [-0.05, 0) is 104 Å². The first-order valence-electron chi connectivity index (χ1n) is 9.53. The maximum atomic E-state index is 12.6. The molecule has 1 aromatic heterocycles. The van der Waals surface area contributed by atoms with E-state index < -0.39 is 5.91 Å². The number of aryl methyl sites for hydroxylation is 1. The van der Waals surface area contributed by atoms with Gasteiger partial charge in [0.25, 0.3) is 5.91 Å². The van der Waals surface area contributed by atoms with Crippen molar-refractivity contribution in [2.45, 2.75) is 20.8 Å². The van der Waals surface area contributed by atoms with Gasteiger partial charge in [-0.15, -0.1) is 0 Å². The highest BCUT2D eigenvalue weighted by atomic mass is 127. The molecular weight excluding hydrogens is 489 g/mol. The smallest absolute Gasteiger partial charge is 0.266 e. The number of ether oxygens (including phenoxy) is 1. The third kappa shape index (κ3) is 4.92. The minimum absolute atomic E-state index is 0.0479. The number of rotatable bonds is 6. The first kappa shape index (κ1) is 21.7. The lowest BCUT2D eigenvalue weighted by molar-refractivity contribution is -0.112. The number of nitrogens with zero attached hydrogens (tertiary/aromatic N) is 2. The van der Waals surface area contributed by atoms with Crippen LogP contribution in [-0.4, -0.2) is 17.1 Å². The van der Waals surface area contributed by atoms with Crippen molar-refractivity contribution in [1.29, 1.82) is 5.26 Å². The van der Waals surface area contributed by atoms with E-state index >= 15 is 0 Å². The van der Waals surface area contributed by atoms with Gasteiger partial charge in [-0.3, -0.25) is 4.79 Å². The molecule has 0 atom stereocenters. The molecule has 2 aromatic carbocycles. The van der Waals surface area contributed by atoms with Gasteiger partial charge < -0.3 is 14.6 Å². The van der Waals surface area contributed by atoms with Crippen molar-refractivity contribution in [1.82, 2.24) is 4.57 Å². The van der Waals surface area contributed by atoms with Crippen molar-refractivity contribution in [3.63, 3.8) is 0 Å². The number of carbonyl (C=O) groups is 1. The first-order valence-corrected chi connectivity index (χ1v) is 10.6. The summed E-state index contributed by atoms with van der Waals surface area (Å²) in [5.41, 5.74) is 4.54. The van der Waals surface area contributed by atoms with Crippen LogP contribution in [0.4, 0.5) is 5.69 Å². The fourth-order valence-electron chi connectivity index (χ4n) is 3.25. The van der Waals surface area contributed by atoms with E-state index in [1.807, 2.05) is 51.1 Å². The van der Waals surface area contributed by atoms with Gasteiger partial charge in [0.2, 0.25) is 0 Å². The van der Waals surface area contributed by atoms with Crippen LogP contribution in [0.1, 0.15) is 23.9 Å². The highest BCUT2D eigenvalue weighted by Crippen LogP contribution is 2.24. The summed E-state index contributed by atoms with van der Waals surface area (Å²) >= 11 is 2.28. The van der Waals surface area contributed by atoms with Crippen LogP contribution >= 0.6 is 22.6 Å². The third-order valence-electron chi connectivity index (χ3n) is 4.62. The van der Waals surface area contributed by atoms with E-state index in [2.05, 4.69) is 38.5 Å².